The molecule has 0 bridgehead atoms. The van der Waals surface area contributed by atoms with Crippen LogP contribution in [0.5, 0.6) is 11.5 Å². The molecule has 1 atom stereocenters. The number of amides is 1. The van der Waals surface area contributed by atoms with Gasteiger partial charge in [0.05, 0.1) is 5.69 Å². The first-order chi connectivity index (χ1) is 13.0. The number of rotatable bonds is 6. The maximum atomic E-state index is 11.3. The summed E-state index contributed by atoms with van der Waals surface area (Å²) in [5.41, 5.74) is 2.71. The zero-order valence-electron chi connectivity index (χ0n) is 15.2. The van der Waals surface area contributed by atoms with Crippen LogP contribution < -0.4 is 15.4 Å². The largest absolute Gasteiger partial charge is 0.455 e. The van der Waals surface area contributed by atoms with Gasteiger partial charge in [0.2, 0.25) is 5.91 Å². The van der Waals surface area contributed by atoms with Crippen molar-refractivity contribution in [3.63, 3.8) is 0 Å². The van der Waals surface area contributed by atoms with Crippen LogP contribution in [0.4, 0.5) is 11.4 Å². The number of carbonyl (C=O) groups is 1. The van der Waals surface area contributed by atoms with Gasteiger partial charge in [0.15, 0.2) is 5.75 Å². The van der Waals surface area contributed by atoms with Crippen molar-refractivity contribution in [2.75, 3.05) is 10.6 Å². The predicted molar refractivity (Wildman–Crippen MR) is 111 cm³/mol. The maximum Gasteiger partial charge on any atom is 0.221 e. The molecule has 138 valence electrons. The van der Waals surface area contributed by atoms with Crippen LogP contribution in [-0.4, -0.2) is 5.91 Å². The van der Waals surface area contributed by atoms with Gasteiger partial charge >= 0.3 is 0 Å². The average Bonchev–Trinajstić information content (AvgIpc) is 2.65. The van der Waals surface area contributed by atoms with Gasteiger partial charge < -0.3 is 15.4 Å². The lowest BCUT2D eigenvalue weighted by molar-refractivity contribution is -0.114. The molecule has 27 heavy (non-hydrogen) atoms. The molecule has 0 aliphatic rings. The molecule has 0 fully saturated rings. The van der Waals surface area contributed by atoms with E-state index in [1.54, 1.807) is 12.1 Å². The first-order valence-electron chi connectivity index (χ1n) is 8.68. The second kappa shape index (κ2) is 8.60. The fraction of sp³-hybridized carbons (Fsp3) is 0.136. The summed E-state index contributed by atoms with van der Waals surface area (Å²) in [6, 6.07) is 22.8. The van der Waals surface area contributed by atoms with Crippen molar-refractivity contribution < 1.29 is 9.53 Å². The standard InChI is InChI=1S/C22H21ClN2O2/c1-15(17-6-5-7-19(14-17)25-16(2)26)24-21-8-3-4-9-22(21)27-20-12-10-18(23)11-13-20/h3-15,24H,1-2H3,(H,25,26). The van der Waals surface area contributed by atoms with Crippen LogP contribution in [0.15, 0.2) is 72.8 Å². The van der Waals surface area contributed by atoms with Gasteiger partial charge in [0.1, 0.15) is 5.75 Å². The molecule has 0 saturated carbocycles. The third-order valence-corrected chi connectivity index (χ3v) is 4.26. The highest BCUT2D eigenvalue weighted by Crippen LogP contribution is 2.32. The third-order valence-electron chi connectivity index (χ3n) is 4.01. The molecule has 5 heteroatoms. The number of benzene rings is 3. The lowest BCUT2D eigenvalue weighted by atomic mass is 10.1. The molecule has 0 saturated heterocycles. The van der Waals surface area contributed by atoms with Crippen LogP contribution in [0.25, 0.3) is 0 Å². The molecule has 1 unspecified atom stereocenters. The van der Waals surface area contributed by atoms with Crippen LogP contribution >= 0.6 is 11.6 Å². The highest BCUT2D eigenvalue weighted by atomic mass is 35.5. The molecule has 1 amide bonds. The highest BCUT2D eigenvalue weighted by molar-refractivity contribution is 6.30. The molecule has 0 aliphatic carbocycles. The number of ether oxygens (including phenoxy) is 1. The average molecular weight is 381 g/mol. The van der Waals surface area contributed by atoms with Gasteiger partial charge in [-0.15, -0.1) is 0 Å². The van der Waals surface area contributed by atoms with Crippen molar-refractivity contribution >= 4 is 28.9 Å². The Bertz CT molecular complexity index is 926. The summed E-state index contributed by atoms with van der Waals surface area (Å²) in [7, 11) is 0. The molecule has 0 aliphatic heterocycles. The summed E-state index contributed by atoms with van der Waals surface area (Å²) in [5.74, 6) is 1.35. The number of hydrogen-bond acceptors (Lipinski definition) is 3. The van der Waals surface area contributed by atoms with Crippen molar-refractivity contribution in [1.82, 2.24) is 0 Å². The normalized spacial score (nSPS) is 11.5. The fourth-order valence-corrected chi connectivity index (χ4v) is 2.84. The van der Waals surface area contributed by atoms with E-state index in [1.165, 1.54) is 6.92 Å². The van der Waals surface area contributed by atoms with E-state index in [0.29, 0.717) is 10.8 Å². The molecule has 0 heterocycles. The summed E-state index contributed by atoms with van der Waals surface area (Å²) >= 11 is 5.93. The Morgan fingerprint density at radius 1 is 1.00 bits per heavy atom. The number of hydrogen-bond donors (Lipinski definition) is 2. The lowest BCUT2D eigenvalue weighted by Gasteiger charge is -2.19. The van der Waals surface area contributed by atoms with Gasteiger partial charge in [0.25, 0.3) is 0 Å². The van der Waals surface area contributed by atoms with Crippen molar-refractivity contribution in [3.8, 4) is 11.5 Å². The Morgan fingerprint density at radius 3 is 2.48 bits per heavy atom. The van der Waals surface area contributed by atoms with Crippen molar-refractivity contribution in [2.45, 2.75) is 19.9 Å². The summed E-state index contributed by atoms with van der Waals surface area (Å²) in [5, 5.41) is 6.95. The minimum absolute atomic E-state index is 0.0219. The molecular formula is C22H21ClN2O2. The van der Waals surface area contributed by atoms with Gasteiger partial charge in [-0.3, -0.25) is 4.79 Å². The minimum Gasteiger partial charge on any atom is -0.455 e. The Balaban J connectivity index is 1.77. The lowest BCUT2D eigenvalue weighted by Crippen LogP contribution is -2.09. The Morgan fingerprint density at radius 2 is 1.74 bits per heavy atom. The number of nitrogens with one attached hydrogen (secondary N) is 2. The molecular weight excluding hydrogens is 360 g/mol. The van der Waals surface area contributed by atoms with E-state index in [4.69, 9.17) is 16.3 Å². The number of halogens is 1. The van der Waals surface area contributed by atoms with Crippen molar-refractivity contribution in [2.24, 2.45) is 0 Å². The first kappa shape index (κ1) is 18.8. The quantitative estimate of drug-likeness (QED) is 0.530. The van der Waals surface area contributed by atoms with E-state index in [9.17, 15) is 4.79 Å². The van der Waals surface area contributed by atoms with E-state index in [0.717, 1.165) is 22.7 Å². The van der Waals surface area contributed by atoms with E-state index in [2.05, 4.69) is 17.6 Å². The molecule has 2 N–H and O–H groups in total. The third kappa shape index (κ3) is 5.25. The van der Waals surface area contributed by atoms with Gasteiger partial charge in [-0.25, -0.2) is 0 Å². The summed E-state index contributed by atoms with van der Waals surface area (Å²) in [6.45, 7) is 3.56. The SMILES string of the molecule is CC(=O)Nc1cccc(C(C)Nc2ccccc2Oc2ccc(Cl)cc2)c1. The molecule has 0 radical (unpaired) electrons. The monoisotopic (exact) mass is 380 g/mol. The zero-order chi connectivity index (χ0) is 19.2. The summed E-state index contributed by atoms with van der Waals surface area (Å²) in [4.78, 5) is 11.3. The van der Waals surface area contributed by atoms with Crippen LogP contribution in [0, 0.1) is 0 Å². The van der Waals surface area contributed by atoms with Gasteiger partial charge in [-0.1, -0.05) is 35.9 Å². The molecule has 3 rings (SSSR count). The second-order valence-electron chi connectivity index (χ2n) is 6.22. The summed E-state index contributed by atoms with van der Waals surface area (Å²) in [6.07, 6.45) is 0. The smallest absolute Gasteiger partial charge is 0.221 e. The van der Waals surface area contributed by atoms with Crippen molar-refractivity contribution in [3.05, 3.63) is 83.4 Å². The topological polar surface area (TPSA) is 50.4 Å². The number of carbonyl (C=O) groups excluding carboxylic acids is 1. The maximum absolute atomic E-state index is 11.3. The Labute approximate surface area is 164 Å². The first-order valence-corrected chi connectivity index (χ1v) is 9.05. The van der Waals surface area contributed by atoms with Gasteiger partial charge in [-0.2, -0.15) is 0 Å². The molecule has 0 aromatic heterocycles. The number of para-hydroxylation sites is 2. The van der Waals surface area contributed by atoms with E-state index in [-0.39, 0.29) is 11.9 Å². The minimum atomic E-state index is -0.0885. The zero-order valence-corrected chi connectivity index (χ0v) is 16.0. The van der Waals surface area contributed by atoms with E-state index < -0.39 is 0 Å². The van der Waals surface area contributed by atoms with Crippen LogP contribution in [0.2, 0.25) is 5.02 Å². The van der Waals surface area contributed by atoms with Crippen LogP contribution in [-0.2, 0) is 4.79 Å². The predicted octanol–water partition coefficient (Wildman–Crippen LogP) is 6.26. The van der Waals surface area contributed by atoms with Crippen LogP contribution in [0.1, 0.15) is 25.5 Å². The number of anilines is 2. The second-order valence-corrected chi connectivity index (χ2v) is 6.66. The molecule has 0 spiro atoms. The Kier molecular flexibility index (Phi) is 5.99. The van der Waals surface area contributed by atoms with E-state index in [1.807, 2.05) is 60.7 Å². The Hall–Kier alpha value is -2.98. The highest BCUT2D eigenvalue weighted by Gasteiger charge is 2.11. The molecule has 4 nitrogen and oxygen atoms in total. The van der Waals surface area contributed by atoms with Gasteiger partial charge in [-0.05, 0) is 61.0 Å². The van der Waals surface area contributed by atoms with Crippen LogP contribution in [0.3, 0.4) is 0 Å². The van der Waals surface area contributed by atoms with E-state index >= 15 is 0 Å². The summed E-state index contributed by atoms with van der Waals surface area (Å²) < 4.78 is 6.00. The van der Waals surface area contributed by atoms with Crippen molar-refractivity contribution in [1.29, 1.82) is 0 Å². The molecule has 3 aromatic carbocycles. The fourth-order valence-electron chi connectivity index (χ4n) is 2.71. The van der Waals surface area contributed by atoms with Gasteiger partial charge in [0, 0.05) is 23.7 Å². The molecule has 3 aromatic rings.